The minimum atomic E-state index is -0.206. The zero-order valence-corrected chi connectivity index (χ0v) is 17.6. The number of rotatable bonds is 7. The molecule has 8 heteroatoms. The van der Waals surface area contributed by atoms with Gasteiger partial charge in [-0.2, -0.15) is 0 Å². The van der Waals surface area contributed by atoms with Crippen molar-refractivity contribution in [2.45, 2.75) is 76.0 Å². The first kappa shape index (κ1) is 21.2. The highest BCUT2D eigenvalue weighted by atomic mass is 16.5. The smallest absolute Gasteiger partial charge is 0.224 e. The Balaban J connectivity index is 1.67. The molecule has 0 aromatic carbocycles. The van der Waals surface area contributed by atoms with Gasteiger partial charge in [0.1, 0.15) is 6.10 Å². The number of fused-ring (bicyclic) bond motifs is 1. The lowest BCUT2D eigenvalue weighted by atomic mass is 9.83. The molecule has 30 heavy (non-hydrogen) atoms. The summed E-state index contributed by atoms with van der Waals surface area (Å²) in [5, 5.41) is 23.2. The highest BCUT2D eigenvalue weighted by molar-refractivity contribution is 5.86. The third kappa shape index (κ3) is 4.99. The first-order valence-electron chi connectivity index (χ1n) is 11.1. The first-order chi connectivity index (χ1) is 14.6. The molecule has 3 N–H and O–H groups in total. The van der Waals surface area contributed by atoms with Gasteiger partial charge in [0.15, 0.2) is 0 Å². The highest BCUT2D eigenvalue weighted by Crippen LogP contribution is 2.38. The molecule has 0 bridgehead atoms. The summed E-state index contributed by atoms with van der Waals surface area (Å²) < 4.78 is 11.7. The molecule has 2 fully saturated rings. The summed E-state index contributed by atoms with van der Waals surface area (Å²) in [6, 6.07) is 0.0699. The van der Waals surface area contributed by atoms with Crippen LogP contribution in [0.2, 0.25) is 0 Å². The Labute approximate surface area is 177 Å². The molecule has 2 aliphatic rings. The van der Waals surface area contributed by atoms with E-state index in [1.807, 2.05) is 13.1 Å². The van der Waals surface area contributed by atoms with Crippen LogP contribution >= 0.6 is 0 Å². The lowest BCUT2D eigenvalue weighted by Crippen LogP contribution is -2.26. The number of ether oxygens (including phenoxy) is 2. The van der Waals surface area contributed by atoms with Crippen molar-refractivity contribution < 1.29 is 19.7 Å². The predicted octanol–water partition coefficient (Wildman–Crippen LogP) is 2.78. The minimum Gasteiger partial charge on any atom is -0.474 e. The molecular formula is C22H32N4O4. The van der Waals surface area contributed by atoms with Crippen LogP contribution in [0.1, 0.15) is 63.4 Å². The Kier molecular flexibility index (Phi) is 6.97. The second-order valence-electron chi connectivity index (χ2n) is 8.47. The van der Waals surface area contributed by atoms with Crippen LogP contribution in [0.3, 0.4) is 0 Å². The van der Waals surface area contributed by atoms with Gasteiger partial charge in [-0.3, -0.25) is 0 Å². The molecule has 0 radical (unpaired) electrons. The summed E-state index contributed by atoms with van der Waals surface area (Å²) in [5.74, 6) is 1.44. The Hall–Kier alpha value is -2.03. The summed E-state index contributed by atoms with van der Waals surface area (Å²) in [6.07, 6.45) is 9.35. The van der Waals surface area contributed by atoms with Crippen LogP contribution in [0.4, 0.5) is 5.95 Å². The van der Waals surface area contributed by atoms with Crippen LogP contribution in [-0.4, -0.2) is 63.2 Å². The standard InChI is InChI=1S/C22H32N4O4/c1-14(6-9-27)25-22-24-13-19-20(26-22)18(15-2-4-16(28)5-3-15)12-23-21(19)30-17-7-10-29-11-8-17/h12-17,27-28H,2-11H2,1H3,(H,24,25,26)/t14-,15?,16?/m0/s1. The number of aromatic nitrogens is 3. The molecule has 0 unspecified atom stereocenters. The maximum atomic E-state index is 9.91. The lowest BCUT2D eigenvalue weighted by molar-refractivity contribution is 0.0244. The molecule has 1 saturated heterocycles. The zero-order valence-electron chi connectivity index (χ0n) is 17.6. The normalized spacial score (nSPS) is 24.0. The number of aliphatic hydroxyl groups is 2. The van der Waals surface area contributed by atoms with E-state index >= 15 is 0 Å². The van der Waals surface area contributed by atoms with Gasteiger partial charge in [-0.05, 0) is 44.9 Å². The van der Waals surface area contributed by atoms with E-state index in [1.54, 1.807) is 6.20 Å². The Morgan fingerprint density at radius 1 is 1.13 bits per heavy atom. The van der Waals surface area contributed by atoms with E-state index in [1.165, 1.54) is 0 Å². The molecule has 2 aromatic heterocycles. The monoisotopic (exact) mass is 416 g/mol. The van der Waals surface area contributed by atoms with Crippen molar-refractivity contribution in [1.29, 1.82) is 0 Å². The van der Waals surface area contributed by atoms with E-state index in [0.717, 1.165) is 55.0 Å². The quantitative estimate of drug-likeness (QED) is 0.632. The van der Waals surface area contributed by atoms with Crippen molar-refractivity contribution in [3.05, 3.63) is 18.0 Å². The number of hydrogen-bond acceptors (Lipinski definition) is 8. The summed E-state index contributed by atoms with van der Waals surface area (Å²) in [4.78, 5) is 14.0. The van der Waals surface area contributed by atoms with Gasteiger partial charge in [0.25, 0.3) is 0 Å². The SMILES string of the molecule is C[C@@H](CCO)Nc1ncc2c(OC3CCOCC3)ncc(C3CCC(O)CC3)c2n1. The molecule has 0 spiro atoms. The molecule has 164 valence electrons. The topological polar surface area (TPSA) is 110 Å². The number of pyridine rings is 1. The third-order valence-electron chi connectivity index (χ3n) is 6.13. The molecule has 1 aliphatic carbocycles. The zero-order chi connectivity index (χ0) is 20.9. The molecular weight excluding hydrogens is 384 g/mol. The molecule has 1 aliphatic heterocycles. The average molecular weight is 417 g/mol. The maximum Gasteiger partial charge on any atom is 0.224 e. The summed E-state index contributed by atoms with van der Waals surface area (Å²) in [6.45, 7) is 3.53. The van der Waals surface area contributed by atoms with Crippen molar-refractivity contribution in [1.82, 2.24) is 15.0 Å². The largest absolute Gasteiger partial charge is 0.474 e. The van der Waals surface area contributed by atoms with E-state index in [0.29, 0.717) is 37.4 Å². The van der Waals surface area contributed by atoms with Crippen molar-refractivity contribution >= 4 is 16.9 Å². The van der Waals surface area contributed by atoms with E-state index in [-0.39, 0.29) is 24.9 Å². The van der Waals surface area contributed by atoms with E-state index in [2.05, 4.69) is 15.3 Å². The van der Waals surface area contributed by atoms with E-state index in [9.17, 15) is 10.2 Å². The predicted molar refractivity (Wildman–Crippen MR) is 114 cm³/mol. The number of nitrogens with zero attached hydrogens (tertiary/aromatic N) is 3. The van der Waals surface area contributed by atoms with Gasteiger partial charge in [-0.15, -0.1) is 0 Å². The molecule has 1 atom stereocenters. The lowest BCUT2D eigenvalue weighted by Gasteiger charge is -2.27. The molecule has 1 saturated carbocycles. The van der Waals surface area contributed by atoms with Gasteiger partial charge >= 0.3 is 0 Å². The minimum absolute atomic E-state index is 0.0699. The molecule has 8 nitrogen and oxygen atoms in total. The van der Waals surface area contributed by atoms with Crippen LogP contribution < -0.4 is 10.1 Å². The number of hydrogen-bond donors (Lipinski definition) is 3. The summed E-state index contributed by atoms with van der Waals surface area (Å²) in [5.41, 5.74) is 1.96. The number of anilines is 1. The number of aliphatic hydroxyl groups excluding tert-OH is 2. The van der Waals surface area contributed by atoms with Crippen LogP contribution in [0.25, 0.3) is 10.9 Å². The fourth-order valence-electron chi connectivity index (χ4n) is 4.30. The van der Waals surface area contributed by atoms with Crippen molar-refractivity contribution in [3.8, 4) is 5.88 Å². The second kappa shape index (κ2) is 9.85. The number of nitrogens with one attached hydrogen (secondary N) is 1. The highest BCUT2D eigenvalue weighted by Gasteiger charge is 2.26. The molecule has 3 heterocycles. The van der Waals surface area contributed by atoms with Crippen LogP contribution in [-0.2, 0) is 4.74 Å². The molecule has 2 aromatic rings. The van der Waals surface area contributed by atoms with Gasteiger partial charge in [-0.1, -0.05) is 0 Å². The van der Waals surface area contributed by atoms with Crippen LogP contribution in [0, 0.1) is 0 Å². The summed E-state index contributed by atoms with van der Waals surface area (Å²) in [7, 11) is 0. The van der Waals surface area contributed by atoms with E-state index in [4.69, 9.17) is 14.5 Å². The van der Waals surface area contributed by atoms with Gasteiger partial charge in [0.2, 0.25) is 11.8 Å². The molecule has 0 amide bonds. The van der Waals surface area contributed by atoms with Gasteiger partial charge in [0.05, 0.1) is 30.2 Å². The second-order valence-corrected chi connectivity index (χ2v) is 8.47. The van der Waals surface area contributed by atoms with Gasteiger partial charge in [-0.25, -0.2) is 15.0 Å². The van der Waals surface area contributed by atoms with Crippen molar-refractivity contribution in [2.24, 2.45) is 0 Å². The maximum absolute atomic E-state index is 9.91. The Morgan fingerprint density at radius 3 is 2.63 bits per heavy atom. The Bertz CT molecular complexity index is 835. The summed E-state index contributed by atoms with van der Waals surface area (Å²) >= 11 is 0. The van der Waals surface area contributed by atoms with Crippen molar-refractivity contribution in [3.63, 3.8) is 0 Å². The van der Waals surface area contributed by atoms with Crippen LogP contribution in [0.15, 0.2) is 12.4 Å². The van der Waals surface area contributed by atoms with Gasteiger partial charge < -0.3 is 25.0 Å². The first-order valence-corrected chi connectivity index (χ1v) is 11.1. The average Bonchev–Trinajstić information content (AvgIpc) is 2.75. The fourth-order valence-corrected chi connectivity index (χ4v) is 4.30. The molecule has 4 rings (SSSR count). The van der Waals surface area contributed by atoms with E-state index < -0.39 is 0 Å². The van der Waals surface area contributed by atoms with Crippen LogP contribution in [0.5, 0.6) is 5.88 Å². The Morgan fingerprint density at radius 2 is 1.90 bits per heavy atom. The van der Waals surface area contributed by atoms with Gasteiger partial charge in [0, 0.05) is 43.4 Å². The third-order valence-corrected chi connectivity index (χ3v) is 6.13. The van der Waals surface area contributed by atoms with Crippen molar-refractivity contribution in [2.75, 3.05) is 25.1 Å². The fraction of sp³-hybridized carbons (Fsp3) is 0.682.